The van der Waals surface area contributed by atoms with Crippen molar-refractivity contribution in [3.05, 3.63) is 70.5 Å². The highest BCUT2D eigenvalue weighted by Crippen LogP contribution is 2.40. The van der Waals surface area contributed by atoms with Crippen LogP contribution in [0.25, 0.3) is 6.08 Å². The average molecular weight is 513 g/mol. The van der Waals surface area contributed by atoms with Crippen LogP contribution in [0, 0.1) is 29.3 Å². The van der Waals surface area contributed by atoms with Gasteiger partial charge < -0.3 is 4.74 Å². The van der Waals surface area contributed by atoms with Crippen LogP contribution in [0.5, 0.6) is 5.75 Å². The minimum Gasteiger partial charge on any atom is -0.491 e. The minimum atomic E-state index is -0.711. The standard InChI is InChI=1S/C33H43F3O/c1-3-5-6-7-23-10-15-26(16-11-23)29-20-18-27(32(35)33(29)36)17-12-24-8-13-25(14-9-24)28-19-21-31(37-4-2)30(34)22-28/h12,17-26H,3-11,13-16H2,1-2H3/b17-12+. The van der Waals surface area contributed by atoms with Crippen molar-refractivity contribution in [3.63, 3.8) is 0 Å². The van der Waals surface area contributed by atoms with E-state index in [-0.39, 0.29) is 11.7 Å². The van der Waals surface area contributed by atoms with Crippen molar-refractivity contribution < 1.29 is 17.9 Å². The van der Waals surface area contributed by atoms with E-state index in [1.807, 2.05) is 25.1 Å². The Morgan fingerprint density at radius 2 is 1.54 bits per heavy atom. The fraction of sp³-hybridized carbons (Fsp3) is 0.576. The molecular formula is C33H43F3O. The molecule has 0 radical (unpaired) electrons. The predicted molar refractivity (Wildman–Crippen MR) is 147 cm³/mol. The highest BCUT2D eigenvalue weighted by atomic mass is 19.2. The SMILES string of the molecule is CCCCCC1CCC(c2ccc(/C=C/C3CCC(c4ccc(OCC)c(F)c4)CC3)c(F)c2F)CC1. The fourth-order valence-corrected chi connectivity index (χ4v) is 6.40. The summed E-state index contributed by atoms with van der Waals surface area (Å²) in [6.45, 7) is 4.52. The molecule has 2 aromatic rings. The van der Waals surface area contributed by atoms with Gasteiger partial charge in [-0.1, -0.05) is 63.0 Å². The second-order valence-corrected chi connectivity index (χ2v) is 11.2. The molecule has 0 aliphatic heterocycles. The Labute approximate surface area is 221 Å². The highest BCUT2D eigenvalue weighted by Gasteiger charge is 2.26. The maximum atomic E-state index is 15.1. The van der Waals surface area contributed by atoms with E-state index in [0.717, 1.165) is 62.8 Å². The molecule has 0 heterocycles. The first-order valence-electron chi connectivity index (χ1n) is 14.6. The summed E-state index contributed by atoms with van der Waals surface area (Å²) >= 11 is 0. The predicted octanol–water partition coefficient (Wildman–Crippen LogP) is 10.3. The van der Waals surface area contributed by atoms with Gasteiger partial charge in [-0.25, -0.2) is 13.2 Å². The number of hydrogen-bond donors (Lipinski definition) is 0. The molecule has 2 saturated carbocycles. The Kier molecular flexibility index (Phi) is 10.2. The van der Waals surface area contributed by atoms with Gasteiger partial charge in [-0.15, -0.1) is 0 Å². The van der Waals surface area contributed by atoms with Crippen LogP contribution in [0.1, 0.15) is 119 Å². The maximum absolute atomic E-state index is 15.1. The second kappa shape index (κ2) is 13.5. The Bertz CT molecular complexity index is 1030. The molecule has 2 aliphatic rings. The molecule has 4 heteroatoms. The second-order valence-electron chi connectivity index (χ2n) is 11.2. The van der Waals surface area contributed by atoms with Gasteiger partial charge in [-0.2, -0.15) is 0 Å². The number of rotatable bonds is 10. The Hall–Kier alpha value is -2.23. The summed E-state index contributed by atoms with van der Waals surface area (Å²) in [5, 5.41) is 0. The van der Waals surface area contributed by atoms with Gasteiger partial charge in [-0.3, -0.25) is 0 Å². The van der Waals surface area contributed by atoms with Crippen LogP contribution in [-0.4, -0.2) is 6.61 Å². The van der Waals surface area contributed by atoms with E-state index in [4.69, 9.17) is 4.74 Å². The van der Waals surface area contributed by atoms with Crippen LogP contribution in [0.4, 0.5) is 13.2 Å². The zero-order valence-corrected chi connectivity index (χ0v) is 22.6. The van der Waals surface area contributed by atoms with Crippen molar-refractivity contribution in [2.45, 2.75) is 103 Å². The molecule has 0 atom stereocenters. The Morgan fingerprint density at radius 3 is 2.22 bits per heavy atom. The third-order valence-electron chi connectivity index (χ3n) is 8.69. The molecule has 0 aromatic heterocycles. The van der Waals surface area contributed by atoms with Gasteiger partial charge in [0.2, 0.25) is 0 Å². The van der Waals surface area contributed by atoms with Crippen LogP contribution in [0.3, 0.4) is 0 Å². The number of halogens is 3. The number of allylic oxidation sites excluding steroid dienone is 1. The van der Waals surface area contributed by atoms with Crippen LogP contribution in [-0.2, 0) is 0 Å². The van der Waals surface area contributed by atoms with Gasteiger partial charge in [0, 0.05) is 5.56 Å². The van der Waals surface area contributed by atoms with Crippen molar-refractivity contribution in [1.29, 1.82) is 0 Å². The quantitative estimate of drug-likeness (QED) is 0.288. The van der Waals surface area contributed by atoms with Gasteiger partial charge in [0.15, 0.2) is 23.2 Å². The monoisotopic (exact) mass is 512 g/mol. The van der Waals surface area contributed by atoms with Crippen LogP contribution >= 0.6 is 0 Å². The zero-order valence-electron chi connectivity index (χ0n) is 22.6. The number of benzene rings is 2. The molecule has 0 unspecified atom stereocenters. The molecule has 0 N–H and O–H groups in total. The van der Waals surface area contributed by atoms with E-state index in [1.165, 1.54) is 25.7 Å². The molecule has 202 valence electrons. The smallest absolute Gasteiger partial charge is 0.166 e. The van der Waals surface area contributed by atoms with E-state index in [0.29, 0.717) is 35.3 Å². The molecule has 2 aliphatic carbocycles. The molecule has 37 heavy (non-hydrogen) atoms. The number of ether oxygens (including phenoxy) is 1. The van der Waals surface area contributed by atoms with E-state index >= 15 is 4.39 Å². The summed E-state index contributed by atoms with van der Waals surface area (Å²) in [6, 6.07) is 8.86. The molecule has 0 amide bonds. The third-order valence-corrected chi connectivity index (χ3v) is 8.69. The lowest BCUT2D eigenvalue weighted by molar-refractivity contribution is 0.298. The zero-order chi connectivity index (χ0) is 26.2. The lowest BCUT2D eigenvalue weighted by atomic mass is 9.76. The van der Waals surface area contributed by atoms with Crippen LogP contribution in [0.15, 0.2) is 36.4 Å². The number of unbranched alkanes of at least 4 members (excludes halogenated alkanes) is 2. The molecule has 0 saturated heterocycles. The van der Waals surface area contributed by atoms with Crippen molar-refractivity contribution in [2.24, 2.45) is 11.8 Å². The molecule has 2 fully saturated rings. The van der Waals surface area contributed by atoms with Crippen molar-refractivity contribution >= 4 is 6.08 Å². The lowest BCUT2D eigenvalue weighted by Gasteiger charge is -2.29. The number of hydrogen-bond acceptors (Lipinski definition) is 1. The summed E-state index contributed by atoms with van der Waals surface area (Å²) in [5.74, 6) is 0.175. The topological polar surface area (TPSA) is 9.23 Å². The first-order valence-corrected chi connectivity index (χ1v) is 14.6. The largest absolute Gasteiger partial charge is 0.491 e. The van der Waals surface area contributed by atoms with Crippen molar-refractivity contribution in [2.75, 3.05) is 6.61 Å². The Morgan fingerprint density at radius 1 is 0.811 bits per heavy atom. The molecule has 0 spiro atoms. The summed E-state index contributed by atoms with van der Waals surface area (Å²) in [5.41, 5.74) is 1.91. The minimum absolute atomic E-state index is 0.137. The molecule has 1 nitrogen and oxygen atoms in total. The normalized spacial score (nSPS) is 24.5. The highest BCUT2D eigenvalue weighted by molar-refractivity contribution is 5.52. The van der Waals surface area contributed by atoms with E-state index in [1.54, 1.807) is 24.3 Å². The maximum Gasteiger partial charge on any atom is 0.166 e. The third kappa shape index (κ3) is 7.21. The summed E-state index contributed by atoms with van der Waals surface area (Å²) in [4.78, 5) is 0. The summed E-state index contributed by atoms with van der Waals surface area (Å²) in [7, 11) is 0. The van der Waals surface area contributed by atoms with Gasteiger partial charge in [0.05, 0.1) is 6.61 Å². The van der Waals surface area contributed by atoms with Crippen molar-refractivity contribution in [1.82, 2.24) is 0 Å². The van der Waals surface area contributed by atoms with E-state index < -0.39 is 11.6 Å². The lowest BCUT2D eigenvalue weighted by Crippen LogP contribution is -2.15. The first-order chi connectivity index (χ1) is 18.0. The molecule has 4 rings (SSSR count). The van der Waals surface area contributed by atoms with E-state index in [9.17, 15) is 8.78 Å². The van der Waals surface area contributed by atoms with Gasteiger partial charge in [0.1, 0.15) is 0 Å². The van der Waals surface area contributed by atoms with Crippen LogP contribution < -0.4 is 4.74 Å². The van der Waals surface area contributed by atoms with E-state index in [2.05, 4.69) is 6.92 Å². The first kappa shape index (κ1) is 27.8. The van der Waals surface area contributed by atoms with Crippen molar-refractivity contribution in [3.8, 4) is 5.75 Å². The van der Waals surface area contributed by atoms with Crippen LogP contribution in [0.2, 0.25) is 0 Å². The summed E-state index contributed by atoms with van der Waals surface area (Å²) in [6.07, 6.45) is 16.9. The molecule has 0 bridgehead atoms. The average Bonchev–Trinajstić information content (AvgIpc) is 2.92. The molecular weight excluding hydrogens is 469 g/mol. The Balaban J connectivity index is 1.30. The fourth-order valence-electron chi connectivity index (χ4n) is 6.40. The molecule has 2 aromatic carbocycles. The van der Waals surface area contributed by atoms with Gasteiger partial charge in [-0.05, 0) is 105 Å². The summed E-state index contributed by atoms with van der Waals surface area (Å²) < 4.78 is 49.6. The van der Waals surface area contributed by atoms with Gasteiger partial charge in [0.25, 0.3) is 0 Å². The van der Waals surface area contributed by atoms with Gasteiger partial charge >= 0.3 is 0 Å².